The third-order valence-electron chi connectivity index (χ3n) is 6.77. The van der Waals surface area contributed by atoms with Gasteiger partial charge >= 0.3 is 6.03 Å². The van der Waals surface area contributed by atoms with Crippen LogP contribution in [0.5, 0.6) is 0 Å². The largest absolute Gasteiger partial charge is 0.378 e. The normalized spacial score (nSPS) is 15.4. The monoisotopic (exact) mass is 572 g/mol. The molecule has 12 heteroatoms. The van der Waals surface area contributed by atoms with E-state index < -0.39 is 0 Å². The molecule has 2 aromatic heterocycles. The summed E-state index contributed by atoms with van der Waals surface area (Å²) in [5, 5.41) is 6.29. The lowest BCUT2D eigenvalue weighted by Gasteiger charge is -2.30. The molecule has 0 radical (unpaired) electrons. The number of hydrogen-bond donors (Lipinski definition) is 2. The highest BCUT2D eigenvalue weighted by atomic mass is 35.5. The maximum absolute atomic E-state index is 12.8. The van der Waals surface area contributed by atoms with E-state index in [4.69, 9.17) is 36.0 Å². The van der Waals surface area contributed by atoms with E-state index in [9.17, 15) is 4.79 Å². The van der Waals surface area contributed by atoms with Gasteiger partial charge in [-0.2, -0.15) is 15.0 Å². The van der Waals surface area contributed by atoms with Crippen molar-refractivity contribution in [2.24, 2.45) is 0 Å². The van der Waals surface area contributed by atoms with Crippen molar-refractivity contribution < 1.29 is 14.3 Å². The molecule has 2 aliphatic rings. The first-order valence-electron chi connectivity index (χ1n) is 13.4. The molecule has 2 aromatic carbocycles. The molecule has 0 bridgehead atoms. The molecule has 2 fully saturated rings. The van der Waals surface area contributed by atoms with Crippen LogP contribution < -0.4 is 20.4 Å². The Kier molecular flexibility index (Phi) is 8.17. The summed E-state index contributed by atoms with van der Waals surface area (Å²) in [6.45, 7) is 5.44. The Morgan fingerprint density at radius 3 is 1.98 bits per heavy atom. The Balaban J connectivity index is 1.17. The van der Waals surface area contributed by atoms with Crippen molar-refractivity contribution in [3.63, 3.8) is 0 Å². The number of amides is 2. The van der Waals surface area contributed by atoms with Gasteiger partial charge in [0.15, 0.2) is 5.82 Å². The minimum absolute atomic E-state index is 0.378. The number of hydrogen-bond acceptors (Lipinski definition) is 9. The third kappa shape index (κ3) is 6.54. The zero-order chi connectivity index (χ0) is 28.0. The highest BCUT2D eigenvalue weighted by Crippen LogP contribution is 2.29. The van der Waals surface area contributed by atoms with Crippen LogP contribution in [0.25, 0.3) is 22.6 Å². The Hall–Kier alpha value is -4.32. The highest BCUT2D eigenvalue weighted by molar-refractivity contribution is 6.33. The zero-order valence-electron chi connectivity index (χ0n) is 22.3. The molecule has 4 aromatic rings. The molecule has 2 amide bonds. The molecular formula is C29H29ClN8O3. The first-order valence-corrected chi connectivity index (χ1v) is 13.8. The summed E-state index contributed by atoms with van der Waals surface area (Å²) in [4.78, 5) is 35.7. The van der Waals surface area contributed by atoms with E-state index in [1.807, 2.05) is 42.5 Å². The van der Waals surface area contributed by atoms with Crippen molar-refractivity contribution in [3.8, 4) is 22.6 Å². The summed E-state index contributed by atoms with van der Waals surface area (Å²) in [7, 11) is 0. The van der Waals surface area contributed by atoms with Crippen molar-refractivity contribution in [1.29, 1.82) is 0 Å². The molecule has 11 nitrogen and oxygen atoms in total. The first-order chi connectivity index (χ1) is 20.1. The lowest BCUT2D eigenvalue weighted by molar-refractivity contribution is 0.121. The maximum Gasteiger partial charge on any atom is 0.323 e. The van der Waals surface area contributed by atoms with Crippen LogP contribution in [0.1, 0.15) is 0 Å². The van der Waals surface area contributed by atoms with Crippen molar-refractivity contribution in [2.45, 2.75) is 0 Å². The van der Waals surface area contributed by atoms with Gasteiger partial charge in [0.05, 0.1) is 37.1 Å². The molecule has 210 valence electrons. The summed E-state index contributed by atoms with van der Waals surface area (Å²) in [5.74, 6) is 1.84. The number of morpholine rings is 2. The number of anilines is 4. The lowest BCUT2D eigenvalue weighted by Crippen LogP contribution is -2.40. The quantitative estimate of drug-likeness (QED) is 0.342. The van der Waals surface area contributed by atoms with E-state index in [2.05, 4.69) is 25.4 Å². The molecule has 6 rings (SSSR count). The van der Waals surface area contributed by atoms with Crippen molar-refractivity contribution in [2.75, 3.05) is 73.0 Å². The van der Waals surface area contributed by atoms with E-state index >= 15 is 0 Å². The van der Waals surface area contributed by atoms with Crippen LogP contribution in [-0.2, 0) is 9.47 Å². The molecule has 0 saturated carbocycles. The van der Waals surface area contributed by atoms with Crippen LogP contribution in [0.4, 0.5) is 28.1 Å². The van der Waals surface area contributed by atoms with Crippen LogP contribution in [0.15, 0.2) is 66.9 Å². The summed E-state index contributed by atoms with van der Waals surface area (Å²) >= 11 is 6.37. The van der Waals surface area contributed by atoms with E-state index in [1.165, 1.54) is 0 Å². The Labute approximate surface area is 242 Å². The Morgan fingerprint density at radius 2 is 1.37 bits per heavy atom. The van der Waals surface area contributed by atoms with Crippen LogP contribution >= 0.6 is 11.6 Å². The second kappa shape index (κ2) is 12.5. The average Bonchev–Trinajstić information content (AvgIpc) is 3.03. The van der Waals surface area contributed by atoms with Crippen LogP contribution in [0, 0.1) is 0 Å². The fourth-order valence-electron chi connectivity index (χ4n) is 4.61. The van der Waals surface area contributed by atoms with Crippen LogP contribution in [-0.4, -0.2) is 78.6 Å². The Morgan fingerprint density at radius 1 is 0.756 bits per heavy atom. The van der Waals surface area contributed by atoms with E-state index in [1.54, 1.807) is 24.4 Å². The van der Waals surface area contributed by atoms with Crippen molar-refractivity contribution >= 4 is 40.9 Å². The van der Waals surface area contributed by atoms with Crippen molar-refractivity contribution in [1.82, 2.24) is 19.9 Å². The number of rotatable bonds is 6. The number of pyridine rings is 1. The molecule has 0 atom stereocenters. The number of carbonyl (C=O) groups excluding carboxylic acids is 1. The molecule has 2 saturated heterocycles. The topological polar surface area (TPSA) is 118 Å². The van der Waals surface area contributed by atoms with E-state index in [0.29, 0.717) is 60.5 Å². The number of ether oxygens (including phenoxy) is 2. The summed E-state index contributed by atoms with van der Waals surface area (Å²) in [5.41, 5.74) is 3.51. The molecule has 0 unspecified atom stereocenters. The van der Waals surface area contributed by atoms with Gasteiger partial charge < -0.3 is 29.9 Å². The minimum Gasteiger partial charge on any atom is -0.378 e. The van der Waals surface area contributed by atoms with Crippen LogP contribution in [0.2, 0.25) is 5.02 Å². The number of aromatic nitrogens is 4. The van der Waals surface area contributed by atoms with Gasteiger partial charge in [-0.1, -0.05) is 17.7 Å². The van der Waals surface area contributed by atoms with Gasteiger partial charge in [0.2, 0.25) is 11.9 Å². The van der Waals surface area contributed by atoms with Gasteiger partial charge in [-0.15, -0.1) is 0 Å². The number of carbonyl (C=O) groups is 1. The Bertz CT molecular complexity index is 1460. The van der Waals surface area contributed by atoms with Crippen LogP contribution in [0.3, 0.4) is 0 Å². The molecule has 2 N–H and O–H groups in total. The van der Waals surface area contributed by atoms with Gasteiger partial charge in [0, 0.05) is 54.9 Å². The predicted octanol–water partition coefficient (Wildman–Crippen LogP) is 4.57. The highest BCUT2D eigenvalue weighted by Gasteiger charge is 2.21. The fourth-order valence-corrected chi connectivity index (χ4v) is 4.82. The van der Waals surface area contributed by atoms with Gasteiger partial charge in [-0.25, -0.2) is 4.79 Å². The fraction of sp³-hybridized carbons (Fsp3) is 0.276. The second-order valence-corrected chi connectivity index (χ2v) is 9.93. The van der Waals surface area contributed by atoms with Gasteiger partial charge in [0.25, 0.3) is 0 Å². The van der Waals surface area contributed by atoms with Gasteiger partial charge in [-0.3, -0.25) is 4.98 Å². The number of benzene rings is 2. The average molecular weight is 573 g/mol. The SMILES string of the molecule is O=C(Nc1ccc(-c2nc(N3CCOCC3)nc(N3CCOCC3)n2)cc1)Nc1ccc(Cl)c(-c2ccccn2)c1. The smallest absolute Gasteiger partial charge is 0.323 e. The van der Waals surface area contributed by atoms with Gasteiger partial charge in [-0.05, 0) is 54.6 Å². The first kappa shape index (κ1) is 26.9. The summed E-state index contributed by atoms with van der Waals surface area (Å²) in [6, 6.07) is 17.9. The molecule has 2 aliphatic heterocycles. The minimum atomic E-state index is -0.378. The number of halogens is 1. The molecule has 4 heterocycles. The molecule has 0 spiro atoms. The van der Waals surface area contributed by atoms with Crippen molar-refractivity contribution in [3.05, 3.63) is 71.9 Å². The molecule has 41 heavy (non-hydrogen) atoms. The predicted molar refractivity (Wildman–Crippen MR) is 159 cm³/mol. The maximum atomic E-state index is 12.8. The van der Waals surface area contributed by atoms with E-state index in [0.717, 1.165) is 43.0 Å². The molecule has 0 aliphatic carbocycles. The lowest BCUT2D eigenvalue weighted by atomic mass is 10.1. The standard InChI is InChI=1S/C29H29ClN8O3/c30-24-9-8-22(19-23(24)25-3-1-2-10-31-25)33-29(39)32-21-6-4-20(5-7-21)26-34-27(37-11-15-40-16-12-37)36-28(35-26)38-13-17-41-18-14-38/h1-10,19H,11-18H2,(H2,32,33,39). The summed E-state index contributed by atoms with van der Waals surface area (Å²) in [6.07, 6.45) is 1.70. The number of urea groups is 1. The zero-order valence-corrected chi connectivity index (χ0v) is 23.0. The molecular weight excluding hydrogens is 544 g/mol. The van der Waals surface area contributed by atoms with E-state index in [-0.39, 0.29) is 6.03 Å². The number of nitrogens with zero attached hydrogens (tertiary/aromatic N) is 6. The number of nitrogens with one attached hydrogen (secondary N) is 2. The summed E-state index contributed by atoms with van der Waals surface area (Å²) < 4.78 is 11.0. The van der Waals surface area contributed by atoms with Gasteiger partial charge in [0.1, 0.15) is 0 Å². The third-order valence-corrected chi connectivity index (χ3v) is 7.10. The second-order valence-electron chi connectivity index (χ2n) is 9.52.